The molecule has 2 heterocycles. The van der Waals surface area contributed by atoms with Gasteiger partial charge in [-0.15, -0.1) is 11.3 Å². The lowest BCUT2D eigenvalue weighted by atomic mass is 9.95. The molecule has 8 heteroatoms. The van der Waals surface area contributed by atoms with E-state index in [1.807, 2.05) is 31.2 Å². The Bertz CT molecular complexity index is 1040. The van der Waals surface area contributed by atoms with E-state index < -0.39 is 36.4 Å². The Labute approximate surface area is 222 Å². The molecule has 3 rings (SSSR count). The zero-order chi connectivity index (χ0) is 26.8. The van der Waals surface area contributed by atoms with Crippen LogP contribution >= 0.6 is 11.3 Å². The number of alkyl halides is 2. The van der Waals surface area contributed by atoms with Gasteiger partial charge in [-0.2, -0.15) is 8.78 Å². The summed E-state index contributed by atoms with van der Waals surface area (Å²) < 4.78 is 33.2. The zero-order valence-corrected chi connectivity index (χ0v) is 22.4. The number of thiophene rings is 1. The molecule has 1 fully saturated rings. The van der Waals surface area contributed by atoms with Gasteiger partial charge < -0.3 is 14.7 Å². The number of esters is 1. The number of halogens is 2. The van der Waals surface area contributed by atoms with Crippen molar-refractivity contribution in [3.8, 4) is 0 Å². The fourth-order valence-electron chi connectivity index (χ4n) is 4.63. The lowest BCUT2D eigenvalue weighted by molar-refractivity contribution is -0.148. The lowest BCUT2D eigenvalue weighted by Gasteiger charge is -2.22. The molecule has 3 atom stereocenters. The number of hydrogen-bond donors (Lipinski definition) is 1. The van der Waals surface area contributed by atoms with Gasteiger partial charge >= 0.3 is 11.9 Å². The normalized spacial score (nSPS) is 18.9. The third-order valence-corrected chi connectivity index (χ3v) is 8.02. The number of aryl methyl sites for hydroxylation is 2. The molecule has 0 bridgehead atoms. The molecule has 0 saturated carbocycles. The van der Waals surface area contributed by atoms with Crippen LogP contribution < -0.4 is 0 Å². The van der Waals surface area contributed by atoms with Crippen LogP contribution in [0.1, 0.15) is 65.6 Å². The number of likely N-dealkylation sites (tertiary alicyclic amines) is 1. The molecular formula is C29H37F2NO4S. The summed E-state index contributed by atoms with van der Waals surface area (Å²) in [6, 6.07) is 13.1. The number of amides is 1. The van der Waals surface area contributed by atoms with E-state index in [0.717, 1.165) is 37.0 Å². The molecule has 1 aliphatic rings. The van der Waals surface area contributed by atoms with E-state index in [1.54, 1.807) is 18.2 Å². The average Bonchev–Trinajstić information content (AvgIpc) is 3.45. The predicted octanol–water partition coefficient (Wildman–Crippen LogP) is 6.06. The number of benzene rings is 1. The van der Waals surface area contributed by atoms with Gasteiger partial charge in [-0.05, 0) is 55.7 Å². The minimum absolute atomic E-state index is 0.00174. The summed E-state index contributed by atoms with van der Waals surface area (Å²) in [7, 11) is 1.32. The molecule has 1 aliphatic heterocycles. The van der Waals surface area contributed by atoms with Gasteiger partial charge in [-0.3, -0.25) is 4.79 Å². The van der Waals surface area contributed by atoms with Gasteiger partial charge in [0.05, 0.1) is 19.3 Å². The number of nitrogens with zero attached hydrogens (tertiary/aromatic N) is 1. The van der Waals surface area contributed by atoms with Crippen molar-refractivity contribution in [3.05, 3.63) is 69.9 Å². The standard InChI is InChI=1S/C29H37F2NO4S/c1-21(10-5-3-6-11-22-12-7-4-8-13-22)25(33)17-15-23-20-29(30,31)28(35)32(23)19-9-14-24-16-18-26(37-24)27(34)36-2/h4,7-8,12-13,15-18,21,23,25,33H,3,5-6,9-11,14,19-20H2,1-2H3/t21-,23-,25?/m0/s1. The smallest absolute Gasteiger partial charge is 0.348 e. The molecule has 5 nitrogen and oxygen atoms in total. The fraction of sp³-hybridized carbons (Fsp3) is 0.517. The Balaban J connectivity index is 1.45. The summed E-state index contributed by atoms with van der Waals surface area (Å²) in [6.07, 6.45) is 7.91. The van der Waals surface area contributed by atoms with E-state index in [9.17, 15) is 23.5 Å². The van der Waals surface area contributed by atoms with Crippen molar-refractivity contribution in [3.63, 3.8) is 0 Å². The highest BCUT2D eigenvalue weighted by molar-refractivity contribution is 7.13. The van der Waals surface area contributed by atoms with Crippen LogP contribution in [0.2, 0.25) is 0 Å². The second-order valence-electron chi connectivity index (χ2n) is 9.77. The molecule has 1 unspecified atom stereocenters. The third-order valence-electron chi connectivity index (χ3n) is 6.89. The van der Waals surface area contributed by atoms with Crippen molar-refractivity contribution in [2.75, 3.05) is 13.7 Å². The summed E-state index contributed by atoms with van der Waals surface area (Å²) in [6.45, 7) is 2.14. The Morgan fingerprint density at radius 1 is 1.16 bits per heavy atom. The molecular weight excluding hydrogens is 496 g/mol. The summed E-state index contributed by atoms with van der Waals surface area (Å²) in [5.41, 5.74) is 1.33. The summed E-state index contributed by atoms with van der Waals surface area (Å²) in [5, 5.41) is 10.6. The molecule has 1 aromatic heterocycles. The number of hydrogen-bond acceptors (Lipinski definition) is 5. The summed E-state index contributed by atoms with van der Waals surface area (Å²) in [4.78, 5) is 26.6. The van der Waals surface area contributed by atoms with Crippen LogP contribution in [0, 0.1) is 5.92 Å². The molecule has 1 saturated heterocycles. The van der Waals surface area contributed by atoms with Crippen molar-refractivity contribution in [1.82, 2.24) is 4.90 Å². The second kappa shape index (κ2) is 13.8. The van der Waals surface area contributed by atoms with Crippen molar-refractivity contribution in [1.29, 1.82) is 0 Å². The number of carbonyl (C=O) groups is 2. The summed E-state index contributed by atoms with van der Waals surface area (Å²) >= 11 is 1.30. The van der Waals surface area contributed by atoms with Gasteiger partial charge in [0.1, 0.15) is 4.88 Å². The predicted molar refractivity (Wildman–Crippen MR) is 142 cm³/mol. The molecule has 202 valence electrons. The summed E-state index contributed by atoms with van der Waals surface area (Å²) in [5.74, 6) is -4.96. The molecule has 2 aromatic rings. The van der Waals surface area contributed by atoms with Crippen LogP contribution in [-0.2, 0) is 22.4 Å². The van der Waals surface area contributed by atoms with Crippen molar-refractivity contribution in [2.45, 2.75) is 76.4 Å². The molecule has 1 N–H and O–H groups in total. The van der Waals surface area contributed by atoms with E-state index in [2.05, 4.69) is 12.1 Å². The van der Waals surface area contributed by atoms with Gasteiger partial charge in [0.2, 0.25) is 0 Å². The van der Waals surface area contributed by atoms with Gasteiger partial charge in [-0.1, -0.05) is 62.2 Å². The molecule has 1 aromatic carbocycles. The number of ether oxygens (including phenoxy) is 1. The Morgan fingerprint density at radius 3 is 2.65 bits per heavy atom. The largest absolute Gasteiger partial charge is 0.465 e. The van der Waals surface area contributed by atoms with Gasteiger partial charge in [0.25, 0.3) is 5.91 Å². The molecule has 0 aliphatic carbocycles. The van der Waals surface area contributed by atoms with Crippen LogP contribution in [0.25, 0.3) is 0 Å². The average molecular weight is 534 g/mol. The lowest BCUT2D eigenvalue weighted by Crippen LogP contribution is -2.36. The Kier molecular flexibility index (Phi) is 10.8. The fourth-order valence-corrected chi connectivity index (χ4v) is 5.59. The van der Waals surface area contributed by atoms with E-state index in [4.69, 9.17) is 4.74 Å². The second-order valence-corrected chi connectivity index (χ2v) is 10.9. The zero-order valence-electron chi connectivity index (χ0n) is 21.6. The number of aliphatic hydroxyl groups excluding tert-OH is 1. The van der Waals surface area contributed by atoms with Crippen molar-refractivity contribution >= 4 is 23.2 Å². The maximum atomic E-state index is 14.2. The van der Waals surface area contributed by atoms with Gasteiger partial charge in [0, 0.05) is 17.8 Å². The number of carbonyl (C=O) groups excluding carboxylic acids is 2. The number of rotatable bonds is 14. The maximum Gasteiger partial charge on any atom is 0.348 e. The minimum atomic E-state index is -3.40. The van der Waals surface area contributed by atoms with E-state index in [0.29, 0.717) is 17.7 Å². The van der Waals surface area contributed by atoms with Gasteiger partial charge in [-0.25, -0.2) is 4.79 Å². The van der Waals surface area contributed by atoms with Crippen molar-refractivity contribution < 1.29 is 28.2 Å². The Morgan fingerprint density at radius 2 is 1.92 bits per heavy atom. The van der Waals surface area contributed by atoms with Crippen LogP contribution in [0.5, 0.6) is 0 Å². The first-order valence-corrected chi connectivity index (χ1v) is 13.8. The molecule has 1 amide bonds. The van der Waals surface area contributed by atoms with E-state index in [-0.39, 0.29) is 12.5 Å². The topological polar surface area (TPSA) is 66.8 Å². The Hall–Kier alpha value is -2.58. The number of aliphatic hydroxyl groups is 1. The highest BCUT2D eigenvalue weighted by atomic mass is 32.1. The first-order chi connectivity index (χ1) is 17.7. The number of unbranched alkanes of at least 4 members (excludes halogenated alkanes) is 2. The molecule has 0 radical (unpaired) electrons. The van der Waals surface area contributed by atoms with Crippen LogP contribution in [0.3, 0.4) is 0 Å². The first kappa shape index (κ1) is 29.0. The highest BCUT2D eigenvalue weighted by Crippen LogP contribution is 2.34. The quantitative estimate of drug-likeness (QED) is 0.182. The van der Waals surface area contributed by atoms with Crippen LogP contribution in [0.15, 0.2) is 54.6 Å². The number of methoxy groups -OCH3 is 1. The monoisotopic (exact) mass is 533 g/mol. The maximum absolute atomic E-state index is 14.2. The van der Waals surface area contributed by atoms with Crippen LogP contribution in [0.4, 0.5) is 8.78 Å². The SMILES string of the molecule is COC(=O)c1ccc(CCCN2C(=O)C(F)(F)C[C@@H]2C=CC(O)[C@@H](C)CCCCCc2ccccc2)s1. The van der Waals surface area contributed by atoms with E-state index in [1.165, 1.54) is 28.9 Å². The van der Waals surface area contributed by atoms with Crippen molar-refractivity contribution in [2.24, 2.45) is 5.92 Å². The molecule has 0 spiro atoms. The van der Waals surface area contributed by atoms with E-state index >= 15 is 0 Å². The van der Waals surface area contributed by atoms with Crippen LogP contribution in [-0.4, -0.2) is 53.6 Å². The minimum Gasteiger partial charge on any atom is -0.465 e. The first-order valence-electron chi connectivity index (χ1n) is 13.0. The van der Waals surface area contributed by atoms with Gasteiger partial charge in [0.15, 0.2) is 0 Å². The highest BCUT2D eigenvalue weighted by Gasteiger charge is 2.52. The molecule has 37 heavy (non-hydrogen) atoms. The third kappa shape index (κ3) is 8.47.